The van der Waals surface area contributed by atoms with Crippen molar-refractivity contribution in [2.75, 3.05) is 0 Å². The quantitative estimate of drug-likeness (QED) is 0.488. The SMILES string of the molecule is C1=Cc2c3c4c(cccc4c4cccc(c24)C1)C=CC3. The molecule has 94 valence electrons. The lowest BCUT2D eigenvalue weighted by atomic mass is 9.82. The monoisotopic (exact) mass is 254 g/mol. The zero-order valence-electron chi connectivity index (χ0n) is 11.2. The van der Waals surface area contributed by atoms with E-state index in [9.17, 15) is 0 Å². The van der Waals surface area contributed by atoms with Gasteiger partial charge in [-0.1, -0.05) is 60.7 Å². The maximum Gasteiger partial charge on any atom is -0.00638 e. The summed E-state index contributed by atoms with van der Waals surface area (Å²) < 4.78 is 0. The van der Waals surface area contributed by atoms with Gasteiger partial charge in [0.1, 0.15) is 0 Å². The summed E-state index contributed by atoms with van der Waals surface area (Å²) in [5, 5.41) is 5.77. The molecule has 0 heterocycles. The van der Waals surface area contributed by atoms with Crippen LogP contribution in [0.5, 0.6) is 0 Å². The van der Waals surface area contributed by atoms with Crippen molar-refractivity contribution in [2.45, 2.75) is 12.8 Å². The molecule has 0 fully saturated rings. The second-order valence-electron chi connectivity index (χ2n) is 5.71. The highest BCUT2D eigenvalue weighted by Gasteiger charge is 2.19. The number of hydrogen-bond acceptors (Lipinski definition) is 0. The molecule has 2 aliphatic rings. The van der Waals surface area contributed by atoms with Crippen LogP contribution in [0.3, 0.4) is 0 Å². The van der Waals surface area contributed by atoms with Crippen LogP contribution in [0.2, 0.25) is 0 Å². The fourth-order valence-corrected chi connectivity index (χ4v) is 3.87. The van der Waals surface area contributed by atoms with Gasteiger partial charge in [-0.05, 0) is 56.6 Å². The Morgan fingerprint density at radius 3 is 2.45 bits per heavy atom. The van der Waals surface area contributed by atoms with Crippen molar-refractivity contribution in [3.05, 3.63) is 70.8 Å². The highest BCUT2D eigenvalue weighted by atomic mass is 14.2. The summed E-state index contributed by atoms with van der Waals surface area (Å²) in [4.78, 5) is 0. The van der Waals surface area contributed by atoms with Gasteiger partial charge in [-0.3, -0.25) is 0 Å². The molecule has 0 N–H and O–H groups in total. The molecule has 0 bridgehead atoms. The Balaban J connectivity index is 2.17. The fraction of sp³-hybridized carbons (Fsp3) is 0.100. The van der Waals surface area contributed by atoms with E-state index in [2.05, 4.69) is 60.7 Å². The van der Waals surface area contributed by atoms with Crippen molar-refractivity contribution in [2.24, 2.45) is 0 Å². The molecule has 0 saturated heterocycles. The molecule has 0 nitrogen and oxygen atoms in total. The van der Waals surface area contributed by atoms with Crippen LogP contribution in [0.15, 0.2) is 48.6 Å². The molecule has 0 aliphatic heterocycles. The van der Waals surface area contributed by atoms with Crippen LogP contribution in [-0.2, 0) is 12.8 Å². The van der Waals surface area contributed by atoms with Gasteiger partial charge in [0.2, 0.25) is 0 Å². The van der Waals surface area contributed by atoms with Crippen molar-refractivity contribution in [3.8, 4) is 0 Å². The van der Waals surface area contributed by atoms with Gasteiger partial charge in [-0.25, -0.2) is 0 Å². The third kappa shape index (κ3) is 1.17. The van der Waals surface area contributed by atoms with Crippen LogP contribution >= 0.6 is 0 Å². The summed E-state index contributed by atoms with van der Waals surface area (Å²) in [5.74, 6) is 0. The van der Waals surface area contributed by atoms with E-state index in [1.54, 1.807) is 0 Å². The van der Waals surface area contributed by atoms with E-state index in [-0.39, 0.29) is 0 Å². The molecule has 0 saturated carbocycles. The Labute approximate surface area is 118 Å². The zero-order valence-corrected chi connectivity index (χ0v) is 11.2. The van der Waals surface area contributed by atoms with E-state index in [4.69, 9.17) is 0 Å². The predicted octanol–water partition coefficient (Wildman–Crippen LogP) is 5.13. The number of benzene rings is 3. The largest absolute Gasteiger partial charge is 0.0795 e. The predicted molar refractivity (Wildman–Crippen MR) is 86.9 cm³/mol. The first-order valence-electron chi connectivity index (χ1n) is 7.26. The van der Waals surface area contributed by atoms with E-state index >= 15 is 0 Å². The average molecular weight is 254 g/mol. The van der Waals surface area contributed by atoms with Crippen molar-refractivity contribution in [1.82, 2.24) is 0 Å². The molecule has 0 unspecified atom stereocenters. The maximum atomic E-state index is 2.33. The molecule has 0 atom stereocenters. The normalized spacial score (nSPS) is 15.2. The number of allylic oxidation sites excluding steroid dienone is 2. The Bertz CT molecular complexity index is 934. The van der Waals surface area contributed by atoms with Crippen LogP contribution in [0.4, 0.5) is 0 Å². The molecular formula is C20H14. The molecule has 0 amide bonds. The zero-order chi connectivity index (χ0) is 13.1. The molecule has 3 aromatic rings. The smallest absolute Gasteiger partial charge is 0.00638 e. The first kappa shape index (κ1) is 10.4. The minimum absolute atomic E-state index is 1.05. The molecule has 0 heteroatoms. The number of fused-ring (bicyclic) bond motifs is 2. The standard InChI is InChI=1S/C20H14/c1-5-13-6-2-11-17-18-12-4-8-14-7-3-10-16(20(14)18)15(9-1)19(13)17/h1-7,9-10,12H,8,11H2. The third-order valence-corrected chi connectivity index (χ3v) is 4.68. The van der Waals surface area contributed by atoms with Crippen LogP contribution in [-0.4, -0.2) is 0 Å². The minimum Gasteiger partial charge on any atom is -0.0795 e. The number of hydrogen-bond donors (Lipinski definition) is 0. The van der Waals surface area contributed by atoms with Crippen LogP contribution in [0, 0.1) is 0 Å². The van der Waals surface area contributed by atoms with E-state index < -0.39 is 0 Å². The minimum atomic E-state index is 1.05. The summed E-state index contributed by atoms with van der Waals surface area (Å²) in [6.07, 6.45) is 11.3. The lowest BCUT2D eigenvalue weighted by molar-refractivity contribution is 1.25. The van der Waals surface area contributed by atoms with Crippen molar-refractivity contribution >= 4 is 33.7 Å². The average Bonchev–Trinajstić information content (AvgIpc) is 2.52. The van der Waals surface area contributed by atoms with Gasteiger partial charge in [0, 0.05) is 0 Å². The van der Waals surface area contributed by atoms with Gasteiger partial charge in [0.05, 0.1) is 0 Å². The molecule has 0 radical (unpaired) electrons. The summed E-state index contributed by atoms with van der Waals surface area (Å²) in [5.41, 5.74) is 5.80. The van der Waals surface area contributed by atoms with Crippen LogP contribution in [0.1, 0.15) is 22.3 Å². The molecule has 0 aromatic heterocycles. The topological polar surface area (TPSA) is 0 Å². The van der Waals surface area contributed by atoms with Crippen molar-refractivity contribution < 1.29 is 0 Å². The van der Waals surface area contributed by atoms with Crippen LogP contribution < -0.4 is 0 Å². The first-order chi connectivity index (χ1) is 9.93. The van der Waals surface area contributed by atoms with Crippen LogP contribution in [0.25, 0.3) is 33.7 Å². The Hall–Kier alpha value is -2.34. The molecule has 5 rings (SSSR count). The Kier molecular flexibility index (Phi) is 1.88. The Morgan fingerprint density at radius 2 is 1.50 bits per heavy atom. The summed E-state index contributed by atoms with van der Waals surface area (Å²) in [7, 11) is 0. The second-order valence-corrected chi connectivity index (χ2v) is 5.71. The van der Waals surface area contributed by atoms with Gasteiger partial charge in [-0.15, -0.1) is 0 Å². The van der Waals surface area contributed by atoms with E-state index in [0.717, 1.165) is 12.8 Å². The third-order valence-electron chi connectivity index (χ3n) is 4.68. The van der Waals surface area contributed by atoms with E-state index in [0.29, 0.717) is 0 Å². The molecular weight excluding hydrogens is 240 g/mol. The van der Waals surface area contributed by atoms with Crippen molar-refractivity contribution in [3.63, 3.8) is 0 Å². The molecule has 20 heavy (non-hydrogen) atoms. The number of rotatable bonds is 0. The summed E-state index contributed by atoms with van der Waals surface area (Å²) in [6, 6.07) is 13.5. The summed E-state index contributed by atoms with van der Waals surface area (Å²) in [6.45, 7) is 0. The highest BCUT2D eigenvalue weighted by Crippen LogP contribution is 2.41. The lowest BCUT2D eigenvalue weighted by Crippen LogP contribution is -2.02. The summed E-state index contributed by atoms with van der Waals surface area (Å²) >= 11 is 0. The van der Waals surface area contributed by atoms with Gasteiger partial charge in [-0.2, -0.15) is 0 Å². The van der Waals surface area contributed by atoms with Crippen molar-refractivity contribution in [1.29, 1.82) is 0 Å². The van der Waals surface area contributed by atoms with E-state index in [1.165, 1.54) is 43.8 Å². The molecule has 0 spiro atoms. The van der Waals surface area contributed by atoms with E-state index in [1.807, 2.05) is 0 Å². The lowest BCUT2D eigenvalue weighted by Gasteiger charge is -2.22. The maximum absolute atomic E-state index is 2.33. The molecule has 2 aliphatic carbocycles. The highest BCUT2D eigenvalue weighted by molar-refractivity contribution is 6.16. The van der Waals surface area contributed by atoms with Gasteiger partial charge in [0.25, 0.3) is 0 Å². The fourth-order valence-electron chi connectivity index (χ4n) is 3.87. The van der Waals surface area contributed by atoms with Gasteiger partial charge < -0.3 is 0 Å². The molecule has 3 aromatic carbocycles. The first-order valence-corrected chi connectivity index (χ1v) is 7.26. The second kappa shape index (κ2) is 3.61. The van der Waals surface area contributed by atoms with Gasteiger partial charge in [0.15, 0.2) is 0 Å². The van der Waals surface area contributed by atoms with Gasteiger partial charge >= 0.3 is 0 Å². The Morgan fingerprint density at radius 1 is 0.700 bits per heavy atom.